The highest BCUT2D eigenvalue weighted by atomic mass is 16.5. The lowest BCUT2D eigenvalue weighted by Crippen LogP contribution is -2.05. The van der Waals surface area contributed by atoms with Gasteiger partial charge in [-0.05, 0) is 19.1 Å². The van der Waals surface area contributed by atoms with Crippen LogP contribution in [0.15, 0.2) is 65.8 Å². The first kappa shape index (κ1) is 15.0. The van der Waals surface area contributed by atoms with E-state index in [1.54, 1.807) is 7.11 Å². The van der Waals surface area contributed by atoms with Crippen molar-refractivity contribution >= 4 is 11.4 Å². The van der Waals surface area contributed by atoms with E-state index in [9.17, 15) is 0 Å². The number of aryl methyl sites for hydroxylation is 1. The molecule has 2 aromatic carbocycles. The molecule has 0 N–H and O–H groups in total. The minimum atomic E-state index is 0.752. The number of methoxy groups -OCH3 is 1. The van der Waals surface area contributed by atoms with Gasteiger partial charge in [-0.25, -0.2) is 4.99 Å². The van der Waals surface area contributed by atoms with Gasteiger partial charge in [0.05, 0.1) is 19.0 Å². The zero-order valence-electron chi connectivity index (χ0n) is 13.5. The van der Waals surface area contributed by atoms with Crippen molar-refractivity contribution in [1.82, 2.24) is 9.78 Å². The molecule has 0 unspecified atom stereocenters. The quantitative estimate of drug-likeness (QED) is 0.686. The molecule has 3 rings (SSSR count). The maximum atomic E-state index is 5.43. The standard InChI is InChI=1S/C19H19N3O/c1-14-16(13-20-22(14)2)19(15-9-5-4-6-10-15)21-17-11-7-8-12-18(17)23-3/h4-13H,1-3H3. The topological polar surface area (TPSA) is 39.4 Å². The van der Waals surface area contributed by atoms with Gasteiger partial charge < -0.3 is 4.74 Å². The Bertz CT molecular complexity index is 835. The summed E-state index contributed by atoms with van der Waals surface area (Å²) in [5.41, 5.74) is 4.83. The third kappa shape index (κ3) is 3.01. The second-order valence-electron chi connectivity index (χ2n) is 5.27. The van der Waals surface area contributed by atoms with Gasteiger partial charge in [0.1, 0.15) is 11.4 Å². The number of ether oxygens (including phenoxy) is 1. The van der Waals surface area contributed by atoms with Crippen LogP contribution in [0.2, 0.25) is 0 Å². The Kier molecular flexibility index (Phi) is 4.24. The summed E-state index contributed by atoms with van der Waals surface area (Å²) in [6.45, 7) is 2.04. The summed E-state index contributed by atoms with van der Waals surface area (Å²) in [6.07, 6.45) is 1.86. The first-order valence-corrected chi connectivity index (χ1v) is 7.47. The van der Waals surface area contributed by atoms with E-state index in [0.717, 1.165) is 34.0 Å². The van der Waals surface area contributed by atoms with Crippen molar-refractivity contribution in [3.05, 3.63) is 77.6 Å². The Hall–Kier alpha value is -2.88. The largest absolute Gasteiger partial charge is 0.494 e. The summed E-state index contributed by atoms with van der Waals surface area (Å²) in [5, 5.41) is 4.35. The zero-order valence-corrected chi connectivity index (χ0v) is 13.5. The van der Waals surface area contributed by atoms with Crippen molar-refractivity contribution in [2.45, 2.75) is 6.92 Å². The van der Waals surface area contributed by atoms with E-state index in [2.05, 4.69) is 17.2 Å². The molecule has 0 atom stereocenters. The number of aliphatic imine (C=N–C) groups is 1. The third-order valence-electron chi connectivity index (χ3n) is 3.86. The third-order valence-corrected chi connectivity index (χ3v) is 3.86. The van der Waals surface area contributed by atoms with Gasteiger partial charge >= 0.3 is 0 Å². The Morgan fingerprint density at radius 1 is 1.04 bits per heavy atom. The normalized spacial score (nSPS) is 11.5. The molecule has 23 heavy (non-hydrogen) atoms. The average Bonchev–Trinajstić information content (AvgIpc) is 2.93. The predicted molar refractivity (Wildman–Crippen MR) is 92.7 cm³/mol. The van der Waals surface area contributed by atoms with Crippen LogP contribution < -0.4 is 4.74 Å². The molecule has 1 aromatic heterocycles. The van der Waals surface area contributed by atoms with Crippen LogP contribution in [0.1, 0.15) is 16.8 Å². The number of benzene rings is 2. The van der Waals surface area contributed by atoms with Crippen molar-refractivity contribution in [1.29, 1.82) is 0 Å². The molecular weight excluding hydrogens is 286 g/mol. The lowest BCUT2D eigenvalue weighted by molar-refractivity contribution is 0.416. The van der Waals surface area contributed by atoms with Crippen LogP contribution in [-0.2, 0) is 7.05 Å². The monoisotopic (exact) mass is 305 g/mol. The molecule has 4 nitrogen and oxygen atoms in total. The summed E-state index contributed by atoms with van der Waals surface area (Å²) in [6, 6.07) is 17.9. The molecule has 1 heterocycles. The van der Waals surface area contributed by atoms with Gasteiger partial charge in [-0.15, -0.1) is 0 Å². The fourth-order valence-corrected chi connectivity index (χ4v) is 2.45. The van der Waals surface area contributed by atoms with E-state index in [0.29, 0.717) is 0 Å². The second kappa shape index (κ2) is 6.48. The van der Waals surface area contributed by atoms with Gasteiger partial charge in [0.15, 0.2) is 0 Å². The van der Waals surface area contributed by atoms with E-state index in [-0.39, 0.29) is 0 Å². The summed E-state index contributed by atoms with van der Waals surface area (Å²) in [5.74, 6) is 0.752. The Labute approximate surface area is 136 Å². The van der Waals surface area contributed by atoms with Crippen molar-refractivity contribution in [3.8, 4) is 5.75 Å². The van der Waals surface area contributed by atoms with Crippen LogP contribution in [0.3, 0.4) is 0 Å². The summed E-state index contributed by atoms with van der Waals surface area (Å²) in [4.78, 5) is 4.88. The van der Waals surface area contributed by atoms with E-state index in [1.165, 1.54) is 0 Å². The van der Waals surface area contributed by atoms with Crippen molar-refractivity contribution in [3.63, 3.8) is 0 Å². The molecule has 0 bridgehead atoms. The molecule has 0 aliphatic heterocycles. The second-order valence-corrected chi connectivity index (χ2v) is 5.27. The van der Waals surface area contributed by atoms with Gasteiger partial charge in [0.25, 0.3) is 0 Å². The van der Waals surface area contributed by atoms with Crippen LogP contribution in [0.4, 0.5) is 5.69 Å². The number of para-hydroxylation sites is 2. The maximum absolute atomic E-state index is 5.43. The molecule has 0 amide bonds. The molecule has 0 fully saturated rings. The first-order valence-electron chi connectivity index (χ1n) is 7.47. The molecule has 3 aromatic rings. The van der Waals surface area contributed by atoms with Crippen molar-refractivity contribution in [2.24, 2.45) is 12.0 Å². The van der Waals surface area contributed by atoms with Crippen LogP contribution in [0.5, 0.6) is 5.75 Å². The van der Waals surface area contributed by atoms with E-state index < -0.39 is 0 Å². The average molecular weight is 305 g/mol. The summed E-state index contributed by atoms with van der Waals surface area (Å²) in [7, 11) is 3.59. The minimum Gasteiger partial charge on any atom is -0.494 e. The van der Waals surface area contributed by atoms with E-state index in [4.69, 9.17) is 9.73 Å². The van der Waals surface area contributed by atoms with Gasteiger partial charge in [-0.3, -0.25) is 4.68 Å². The highest BCUT2D eigenvalue weighted by Gasteiger charge is 2.14. The lowest BCUT2D eigenvalue weighted by atomic mass is 10.0. The molecule has 0 aliphatic rings. The summed E-state index contributed by atoms with van der Waals surface area (Å²) < 4.78 is 7.28. The van der Waals surface area contributed by atoms with Crippen LogP contribution in [-0.4, -0.2) is 22.6 Å². The van der Waals surface area contributed by atoms with Gasteiger partial charge in [-0.1, -0.05) is 42.5 Å². The smallest absolute Gasteiger partial charge is 0.144 e. The summed E-state index contributed by atoms with van der Waals surface area (Å²) >= 11 is 0. The number of nitrogens with zero attached hydrogens (tertiary/aromatic N) is 3. The van der Waals surface area contributed by atoms with E-state index >= 15 is 0 Å². The van der Waals surface area contributed by atoms with E-state index in [1.807, 2.05) is 67.3 Å². The van der Waals surface area contributed by atoms with Crippen LogP contribution in [0, 0.1) is 6.92 Å². The predicted octanol–water partition coefficient (Wildman–Crippen LogP) is 3.91. The fraction of sp³-hybridized carbons (Fsp3) is 0.158. The zero-order chi connectivity index (χ0) is 16.2. The molecule has 0 saturated carbocycles. The van der Waals surface area contributed by atoms with Gasteiger partial charge in [0.2, 0.25) is 0 Å². The Morgan fingerprint density at radius 3 is 2.39 bits per heavy atom. The van der Waals surface area contributed by atoms with Gasteiger partial charge in [-0.2, -0.15) is 5.10 Å². The molecule has 0 radical (unpaired) electrons. The lowest BCUT2D eigenvalue weighted by Gasteiger charge is -2.09. The minimum absolute atomic E-state index is 0.752. The molecule has 0 spiro atoms. The Morgan fingerprint density at radius 2 is 1.74 bits per heavy atom. The van der Waals surface area contributed by atoms with Crippen molar-refractivity contribution in [2.75, 3.05) is 7.11 Å². The molecule has 4 heteroatoms. The number of hydrogen-bond donors (Lipinski definition) is 0. The number of rotatable bonds is 4. The molecular formula is C19H19N3O. The number of hydrogen-bond acceptors (Lipinski definition) is 3. The van der Waals surface area contributed by atoms with Crippen LogP contribution >= 0.6 is 0 Å². The maximum Gasteiger partial charge on any atom is 0.144 e. The highest BCUT2D eigenvalue weighted by molar-refractivity contribution is 6.14. The van der Waals surface area contributed by atoms with Crippen molar-refractivity contribution < 1.29 is 4.74 Å². The molecule has 0 aliphatic carbocycles. The first-order chi connectivity index (χ1) is 11.2. The number of aromatic nitrogens is 2. The Balaban J connectivity index is 2.20. The molecule has 116 valence electrons. The molecule has 0 saturated heterocycles. The highest BCUT2D eigenvalue weighted by Crippen LogP contribution is 2.28. The SMILES string of the molecule is COc1ccccc1N=C(c1ccccc1)c1cnn(C)c1C. The van der Waals surface area contributed by atoms with Crippen LogP contribution in [0.25, 0.3) is 0 Å². The van der Waals surface area contributed by atoms with Gasteiger partial charge in [0, 0.05) is 23.9 Å². The fourth-order valence-electron chi connectivity index (χ4n) is 2.45.